The lowest BCUT2D eigenvalue weighted by Crippen LogP contribution is -2.40. The van der Waals surface area contributed by atoms with E-state index in [1.54, 1.807) is 6.07 Å². The highest BCUT2D eigenvalue weighted by Gasteiger charge is 2.31. The highest BCUT2D eigenvalue weighted by molar-refractivity contribution is 7.89. The molecule has 1 N–H and O–H groups in total. The van der Waals surface area contributed by atoms with Crippen molar-refractivity contribution < 1.29 is 13.2 Å². The van der Waals surface area contributed by atoms with Gasteiger partial charge < -0.3 is 9.47 Å². The van der Waals surface area contributed by atoms with E-state index in [0.29, 0.717) is 17.5 Å². The van der Waals surface area contributed by atoms with Crippen LogP contribution in [-0.2, 0) is 21.9 Å². The fraction of sp³-hybridized carbons (Fsp3) is 0.462. The van der Waals surface area contributed by atoms with Gasteiger partial charge in [-0.15, -0.1) is 0 Å². The smallest absolute Gasteiger partial charge is 0.263 e. The number of pyridine rings is 1. The number of sulfonamides is 1. The molecule has 1 saturated carbocycles. The van der Waals surface area contributed by atoms with Crippen LogP contribution in [0.3, 0.4) is 0 Å². The van der Waals surface area contributed by atoms with Crippen LogP contribution < -0.4 is 4.72 Å². The largest absolute Gasteiger partial charge is 0.354 e. The van der Waals surface area contributed by atoms with Crippen molar-refractivity contribution in [3.63, 3.8) is 0 Å². The predicted octanol–water partition coefficient (Wildman–Crippen LogP) is 4.13. The van der Waals surface area contributed by atoms with Crippen LogP contribution in [0.25, 0.3) is 6.08 Å². The minimum atomic E-state index is -3.76. The number of allylic oxidation sites excluding steroid dienone is 1. The van der Waals surface area contributed by atoms with Crippen LogP contribution in [0.4, 0.5) is 0 Å². The molecule has 34 heavy (non-hydrogen) atoms. The highest BCUT2D eigenvalue weighted by Crippen LogP contribution is 2.35. The molecule has 2 aromatic rings. The van der Waals surface area contributed by atoms with Gasteiger partial charge in [0.15, 0.2) is 0 Å². The zero-order valence-electron chi connectivity index (χ0n) is 20.0. The van der Waals surface area contributed by atoms with Crippen LogP contribution >= 0.6 is 0 Å². The lowest BCUT2D eigenvalue weighted by atomic mass is 9.87. The summed E-state index contributed by atoms with van der Waals surface area (Å²) in [6.07, 6.45) is 14.6. The molecule has 0 radical (unpaired) electrons. The first-order valence-electron chi connectivity index (χ1n) is 12.0. The van der Waals surface area contributed by atoms with Crippen LogP contribution in [0.1, 0.15) is 61.3 Å². The number of carbonyl (C=O) groups excluding carboxylic acids is 1. The van der Waals surface area contributed by atoms with E-state index >= 15 is 0 Å². The number of hydrogen-bond acceptors (Lipinski definition) is 4. The van der Waals surface area contributed by atoms with Crippen molar-refractivity contribution in [2.24, 2.45) is 13.0 Å². The van der Waals surface area contributed by atoms with Crippen molar-refractivity contribution in [3.8, 4) is 0 Å². The monoisotopic (exact) mass is 482 g/mol. The lowest BCUT2D eigenvalue weighted by molar-refractivity contribution is -0.136. The van der Waals surface area contributed by atoms with Gasteiger partial charge in [-0.2, -0.15) is 0 Å². The molecule has 0 bridgehead atoms. The van der Waals surface area contributed by atoms with E-state index in [4.69, 9.17) is 0 Å². The van der Waals surface area contributed by atoms with Gasteiger partial charge in [-0.25, -0.2) is 8.42 Å². The number of nitrogens with zero attached hydrogens (tertiary/aromatic N) is 3. The van der Waals surface area contributed by atoms with Crippen LogP contribution in [0, 0.1) is 12.8 Å². The van der Waals surface area contributed by atoms with Gasteiger partial charge in [0.1, 0.15) is 4.90 Å². The molecule has 182 valence electrons. The topological polar surface area (TPSA) is 84.3 Å². The van der Waals surface area contributed by atoms with Crippen molar-refractivity contribution in [2.75, 3.05) is 13.1 Å². The van der Waals surface area contributed by atoms with Crippen LogP contribution in [0.15, 0.2) is 54.0 Å². The summed E-state index contributed by atoms with van der Waals surface area (Å²) in [4.78, 5) is 18.9. The Balaban J connectivity index is 1.53. The lowest BCUT2D eigenvalue weighted by Gasteiger charge is -2.33. The number of rotatable bonds is 7. The van der Waals surface area contributed by atoms with E-state index in [-0.39, 0.29) is 10.8 Å². The third kappa shape index (κ3) is 5.12. The molecule has 0 aromatic carbocycles. The SMILES string of the molecule is C=C/C(=C\c1c(C2CCN(C(=O)C3CCCC3)CC2)cn(C)c1C)NS(=O)(=O)c1cccnc1. The molecular weight excluding hydrogens is 448 g/mol. The molecule has 8 heteroatoms. The average Bonchev–Trinajstić information content (AvgIpc) is 3.48. The Labute approximate surface area is 202 Å². The number of nitrogens with one attached hydrogen (secondary N) is 1. The number of aryl methyl sites for hydroxylation is 1. The first-order chi connectivity index (χ1) is 16.3. The Hall–Kier alpha value is -2.87. The van der Waals surface area contributed by atoms with Crippen LogP contribution in [0.5, 0.6) is 0 Å². The standard InChI is InChI=1S/C26H34N4O3S/c1-4-22(28-34(32,33)23-10-7-13-27-17-23)16-24-19(2)29(3)18-25(24)20-11-14-30(15-12-20)26(31)21-8-5-6-9-21/h4,7,10,13,16-18,20-21,28H,1,5-6,8-9,11-12,14-15H2,2-3H3/b22-16+. The molecular formula is C26H34N4O3S. The maximum atomic E-state index is 12.8. The molecule has 4 rings (SSSR count). The van der Waals surface area contributed by atoms with Crippen molar-refractivity contribution in [3.05, 3.63) is 65.9 Å². The van der Waals surface area contributed by atoms with Crippen molar-refractivity contribution in [1.82, 2.24) is 19.2 Å². The molecule has 3 heterocycles. The Morgan fingerprint density at radius 1 is 1.21 bits per heavy atom. The second-order valence-electron chi connectivity index (χ2n) is 9.37. The van der Waals surface area contributed by atoms with Crippen LogP contribution in [-0.4, -0.2) is 41.9 Å². The fourth-order valence-corrected chi connectivity index (χ4v) is 6.16. The molecule has 0 spiro atoms. The second kappa shape index (κ2) is 10.2. The molecule has 1 aliphatic carbocycles. The molecule has 1 amide bonds. The average molecular weight is 483 g/mol. The molecule has 1 aliphatic heterocycles. The third-order valence-corrected chi connectivity index (χ3v) is 8.60. The predicted molar refractivity (Wildman–Crippen MR) is 133 cm³/mol. The molecule has 0 atom stereocenters. The molecule has 2 fully saturated rings. The Kier molecular flexibility index (Phi) is 7.26. The summed E-state index contributed by atoms with van der Waals surface area (Å²) in [5.41, 5.74) is 3.66. The van der Waals surface area contributed by atoms with E-state index in [1.165, 1.54) is 42.9 Å². The summed E-state index contributed by atoms with van der Waals surface area (Å²) in [7, 11) is -1.76. The summed E-state index contributed by atoms with van der Waals surface area (Å²) < 4.78 is 30.3. The molecule has 0 unspecified atom stereocenters. The summed E-state index contributed by atoms with van der Waals surface area (Å²) in [5, 5.41) is 0. The molecule has 2 aromatic heterocycles. The van der Waals surface area contributed by atoms with Gasteiger partial charge in [-0.1, -0.05) is 19.4 Å². The van der Waals surface area contributed by atoms with E-state index in [9.17, 15) is 13.2 Å². The number of likely N-dealkylation sites (tertiary alicyclic amines) is 1. The van der Waals surface area contributed by atoms with Crippen molar-refractivity contribution in [2.45, 2.75) is 56.3 Å². The van der Waals surface area contributed by atoms with Gasteiger partial charge in [0.2, 0.25) is 5.91 Å². The number of carbonyl (C=O) groups is 1. The second-order valence-corrected chi connectivity index (χ2v) is 11.1. The van der Waals surface area contributed by atoms with E-state index in [2.05, 4.69) is 31.9 Å². The van der Waals surface area contributed by atoms with Crippen molar-refractivity contribution in [1.29, 1.82) is 0 Å². The van der Waals surface area contributed by atoms with E-state index < -0.39 is 10.0 Å². The number of hydrogen-bond donors (Lipinski definition) is 1. The molecule has 2 aliphatic rings. The minimum Gasteiger partial charge on any atom is -0.354 e. The van der Waals surface area contributed by atoms with Gasteiger partial charge >= 0.3 is 0 Å². The summed E-state index contributed by atoms with van der Waals surface area (Å²) in [6, 6.07) is 3.10. The normalized spacial score (nSPS) is 18.3. The van der Waals surface area contributed by atoms with E-state index in [1.807, 2.05) is 20.0 Å². The number of amides is 1. The minimum absolute atomic E-state index is 0.104. The quantitative estimate of drug-likeness (QED) is 0.602. The Morgan fingerprint density at radius 3 is 2.53 bits per heavy atom. The first kappa shape index (κ1) is 24.3. The summed E-state index contributed by atoms with van der Waals surface area (Å²) in [5.74, 6) is 0.871. The Morgan fingerprint density at radius 2 is 1.91 bits per heavy atom. The van der Waals surface area contributed by atoms with Gasteiger partial charge in [0.25, 0.3) is 10.0 Å². The molecule has 7 nitrogen and oxygen atoms in total. The number of piperidine rings is 1. The summed E-state index contributed by atoms with van der Waals surface area (Å²) >= 11 is 0. The third-order valence-electron chi connectivity index (χ3n) is 7.23. The number of aromatic nitrogens is 2. The van der Waals surface area contributed by atoms with Gasteiger partial charge in [0.05, 0.1) is 0 Å². The zero-order valence-corrected chi connectivity index (χ0v) is 20.9. The summed E-state index contributed by atoms with van der Waals surface area (Å²) in [6.45, 7) is 7.40. The van der Waals surface area contributed by atoms with Gasteiger partial charge in [-0.05, 0) is 68.4 Å². The maximum absolute atomic E-state index is 12.8. The fourth-order valence-electron chi connectivity index (χ4n) is 5.13. The highest BCUT2D eigenvalue weighted by atomic mass is 32.2. The van der Waals surface area contributed by atoms with Gasteiger partial charge in [0, 0.05) is 61.6 Å². The van der Waals surface area contributed by atoms with E-state index in [0.717, 1.165) is 50.0 Å². The van der Waals surface area contributed by atoms with Crippen molar-refractivity contribution >= 4 is 22.0 Å². The maximum Gasteiger partial charge on any atom is 0.263 e. The first-order valence-corrected chi connectivity index (χ1v) is 13.5. The van der Waals surface area contributed by atoms with Gasteiger partial charge in [-0.3, -0.25) is 14.5 Å². The zero-order chi connectivity index (χ0) is 24.3. The molecule has 1 saturated heterocycles. The Bertz CT molecular complexity index is 1170. The van der Waals surface area contributed by atoms with Crippen LogP contribution in [0.2, 0.25) is 0 Å².